The zero-order valence-corrected chi connectivity index (χ0v) is 10.1. The van der Waals surface area contributed by atoms with E-state index in [2.05, 4.69) is 25.9 Å². The van der Waals surface area contributed by atoms with Crippen LogP contribution in [0, 0.1) is 0 Å². The zero-order chi connectivity index (χ0) is 12.3. The van der Waals surface area contributed by atoms with Crippen LogP contribution in [0.15, 0.2) is 41.3 Å². The van der Waals surface area contributed by atoms with Gasteiger partial charge in [0.2, 0.25) is 5.88 Å². The third-order valence-electron chi connectivity index (χ3n) is 1.95. The van der Waals surface area contributed by atoms with Crippen LogP contribution < -0.4 is 4.74 Å². The number of hydrogen-bond acceptors (Lipinski definition) is 4. The maximum absolute atomic E-state index is 11.0. The fourth-order valence-electron chi connectivity index (χ4n) is 1.19. The number of pyridine rings is 2. The van der Waals surface area contributed by atoms with Gasteiger partial charge in [0.05, 0.1) is 10.7 Å². The lowest BCUT2D eigenvalue weighted by Crippen LogP contribution is -2.01. The molecule has 0 atom stereocenters. The number of aromatic nitrogens is 2. The molecule has 0 saturated carbocycles. The van der Waals surface area contributed by atoms with Crippen molar-refractivity contribution in [1.29, 1.82) is 0 Å². The van der Waals surface area contributed by atoms with Crippen molar-refractivity contribution in [3.05, 3.63) is 46.8 Å². The minimum absolute atomic E-state index is 0.0394. The van der Waals surface area contributed by atoms with E-state index in [0.717, 1.165) is 0 Å². The molecule has 1 N–H and O–H groups in total. The van der Waals surface area contributed by atoms with E-state index in [1.54, 1.807) is 18.3 Å². The summed E-state index contributed by atoms with van der Waals surface area (Å²) >= 11 is 3.26. The molecule has 2 heterocycles. The first kappa shape index (κ1) is 11.5. The van der Waals surface area contributed by atoms with E-state index < -0.39 is 5.97 Å². The van der Waals surface area contributed by atoms with Crippen molar-refractivity contribution >= 4 is 21.9 Å². The predicted molar refractivity (Wildman–Crippen MR) is 63.2 cm³/mol. The lowest BCUT2D eigenvalue weighted by atomic mass is 10.2. The largest absolute Gasteiger partial charge is 0.478 e. The Morgan fingerprint density at radius 2 is 2.18 bits per heavy atom. The third kappa shape index (κ3) is 2.59. The third-order valence-corrected chi connectivity index (χ3v) is 2.55. The number of halogens is 1. The smallest absolute Gasteiger partial charge is 0.339 e. The summed E-state index contributed by atoms with van der Waals surface area (Å²) in [5, 5.41) is 8.97. The molecule has 0 spiro atoms. The standard InChI is InChI=1S/C11H7BrN2O3/c12-8-2-1-4-14-10(8)17-9-6-13-5-3-7(9)11(15)16/h1-6H,(H,15,16). The van der Waals surface area contributed by atoms with E-state index in [4.69, 9.17) is 9.84 Å². The molecule has 17 heavy (non-hydrogen) atoms. The highest BCUT2D eigenvalue weighted by atomic mass is 79.9. The number of nitrogens with zero attached hydrogens (tertiary/aromatic N) is 2. The van der Waals surface area contributed by atoms with Crippen molar-refractivity contribution in [3.63, 3.8) is 0 Å². The molecule has 6 heteroatoms. The van der Waals surface area contributed by atoms with Crippen LogP contribution in [0.5, 0.6) is 11.6 Å². The SMILES string of the molecule is O=C(O)c1ccncc1Oc1ncccc1Br. The zero-order valence-electron chi connectivity index (χ0n) is 8.50. The first-order valence-corrected chi connectivity index (χ1v) is 5.43. The highest BCUT2D eigenvalue weighted by molar-refractivity contribution is 9.10. The molecule has 0 aromatic carbocycles. The molecule has 0 saturated heterocycles. The summed E-state index contributed by atoms with van der Waals surface area (Å²) in [7, 11) is 0. The summed E-state index contributed by atoms with van der Waals surface area (Å²) in [5.74, 6) is -0.628. The Morgan fingerprint density at radius 1 is 1.35 bits per heavy atom. The van der Waals surface area contributed by atoms with Gasteiger partial charge in [0.1, 0.15) is 5.56 Å². The van der Waals surface area contributed by atoms with E-state index in [0.29, 0.717) is 10.4 Å². The Bertz CT molecular complexity index is 560. The Hall–Kier alpha value is -1.95. The van der Waals surface area contributed by atoms with Gasteiger partial charge in [-0.15, -0.1) is 0 Å². The Morgan fingerprint density at radius 3 is 2.88 bits per heavy atom. The van der Waals surface area contributed by atoms with Crippen molar-refractivity contribution in [2.75, 3.05) is 0 Å². The van der Waals surface area contributed by atoms with E-state index in [1.807, 2.05) is 0 Å². The van der Waals surface area contributed by atoms with Gasteiger partial charge < -0.3 is 9.84 Å². The molecule has 2 aromatic heterocycles. The van der Waals surface area contributed by atoms with Gasteiger partial charge in [-0.25, -0.2) is 9.78 Å². The average molecular weight is 295 g/mol. The van der Waals surface area contributed by atoms with Crippen molar-refractivity contribution in [3.8, 4) is 11.6 Å². The van der Waals surface area contributed by atoms with Gasteiger partial charge in [0, 0.05) is 12.4 Å². The number of aromatic carboxylic acids is 1. The van der Waals surface area contributed by atoms with Crippen LogP contribution in [-0.4, -0.2) is 21.0 Å². The molecule has 0 fully saturated rings. The van der Waals surface area contributed by atoms with E-state index in [-0.39, 0.29) is 11.3 Å². The van der Waals surface area contributed by atoms with Crippen LogP contribution in [0.3, 0.4) is 0 Å². The van der Waals surface area contributed by atoms with Crippen LogP contribution >= 0.6 is 15.9 Å². The highest BCUT2D eigenvalue weighted by Crippen LogP contribution is 2.28. The van der Waals surface area contributed by atoms with Gasteiger partial charge in [-0.05, 0) is 34.1 Å². The molecule has 0 amide bonds. The molecular weight excluding hydrogens is 288 g/mol. The minimum atomic E-state index is -1.07. The second-order valence-corrected chi connectivity index (χ2v) is 3.92. The molecule has 86 valence electrons. The second-order valence-electron chi connectivity index (χ2n) is 3.07. The van der Waals surface area contributed by atoms with Crippen molar-refractivity contribution in [2.24, 2.45) is 0 Å². The maximum Gasteiger partial charge on any atom is 0.339 e. The second kappa shape index (κ2) is 4.92. The van der Waals surface area contributed by atoms with Crippen molar-refractivity contribution in [2.45, 2.75) is 0 Å². The molecule has 0 bridgehead atoms. The lowest BCUT2D eigenvalue weighted by molar-refractivity contribution is 0.0694. The first-order valence-electron chi connectivity index (χ1n) is 4.64. The number of carboxylic acids is 1. The average Bonchev–Trinajstić information content (AvgIpc) is 2.32. The van der Waals surface area contributed by atoms with Gasteiger partial charge in [0.25, 0.3) is 0 Å². The number of rotatable bonds is 3. The Kier molecular flexibility index (Phi) is 3.34. The summed E-state index contributed by atoms with van der Waals surface area (Å²) in [6, 6.07) is 4.85. The minimum Gasteiger partial charge on any atom is -0.478 e. The quantitative estimate of drug-likeness (QED) is 0.942. The summed E-state index contributed by atoms with van der Waals surface area (Å²) in [6.45, 7) is 0. The Labute approximate surface area is 105 Å². The van der Waals surface area contributed by atoms with E-state index in [9.17, 15) is 4.79 Å². The molecular formula is C11H7BrN2O3. The molecule has 2 aromatic rings. The molecule has 0 aliphatic carbocycles. The van der Waals surface area contributed by atoms with Gasteiger partial charge in [0.15, 0.2) is 5.75 Å². The highest BCUT2D eigenvalue weighted by Gasteiger charge is 2.13. The van der Waals surface area contributed by atoms with Crippen molar-refractivity contribution < 1.29 is 14.6 Å². The van der Waals surface area contributed by atoms with Crippen LogP contribution in [0.4, 0.5) is 0 Å². The van der Waals surface area contributed by atoms with Gasteiger partial charge in [-0.1, -0.05) is 0 Å². The van der Waals surface area contributed by atoms with Gasteiger partial charge >= 0.3 is 5.97 Å². The lowest BCUT2D eigenvalue weighted by Gasteiger charge is -2.07. The van der Waals surface area contributed by atoms with Gasteiger partial charge in [-0.2, -0.15) is 0 Å². The molecule has 5 nitrogen and oxygen atoms in total. The number of hydrogen-bond donors (Lipinski definition) is 1. The number of carbonyl (C=O) groups is 1. The van der Waals surface area contributed by atoms with Crippen LogP contribution in [-0.2, 0) is 0 Å². The Balaban J connectivity index is 2.37. The van der Waals surface area contributed by atoms with Crippen LogP contribution in [0.1, 0.15) is 10.4 Å². The number of ether oxygens (including phenoxy) is 1. The topological polar surface area (TPSA) is 72.3 Å². The van der Waals surface area contributed by atoms with E-state index >= 15 is 0 Å². The molecule has 0 unspecified atom stereocenters. The predicted octanol–water partition coefficient (Wildman–Crippen LogP) is 2.73. The summed E-state index contributed by atoms with van der Waals surface area (Å²) in [4.78, 5) is 18.8. The normalized spacial score (nSPS) is 9.94. The van der Waals surface area contributed by atoms with E-state index in [1.165, 1.54) is 18.5 Å². The molecule has 2 rings (SSSR count). The van der Waals surface area contributed by atoms with Crippen LogP contribution in [0.2, 0.25) is 0 Å². The van der Waals surface area contributed by atoms with Crippen LogP contribution in [0.25, 0.3) is 0 Å². The molecule has 0 aliphatic rings. The van der Waals surface area contributed by atoms with Gasteiger partial charge in [-0.3, -0.25) is 4.98 Å². The van der Waals surface area contributed by atoms with Crippen molar-refractivity contribution in [1.82, 2.24) is 9.97 Å². The molecule has 0 radical (unpaired) electrons. The monoisotopic (exact) mass is 294 g/mol. The first-order chi connectivity index (χ1) is 8.18. The summed E-state index contributed by atoms with van der Waals surface area (Å²) < 4.78 is 6.04. The maximum atomic E-state index is 11.0. The summed E-state index contributed by atoms with van der Waals surface area (Å²) in [6.07, 6.45) is 4.28. The summed E-state index contributed by atoms with van der Waals surface area (Å²) in [5.41, 5.74) is 0.0394. The molecule has 0 aliphatic heterocycles. The fraction of sp³-hybridized carbons (Fsp3) is 0. The fourth-order valence-corrected chi connectivity index (χ4v) is 1.52. The number of carboxylic acid groups (broad SMARTS) is 1.